The van der Waals surface area contributed by atoms with E-state index >= 15 is 0 Å². The van der Waals surface area contributed by atoms with Gasteiger partial charge in [0.05, 0.1) is 17.7 Å². The number of nitrogens with one attached hydrogen (secondary N) is 2. The number of ether oxygens (including phenoxy) is 1. The molecule has 1 aromatic carbocycles. The van der Waals surface area contributed by atoms with Gasteiger partial charge in [0.25, 0.3) is 0 Å². The third kappa shape index (κ3) is 5.06. The Kier molecular flexibility index (Phi) is 7.44. The summed E-state index contributed by atoms with van der Waals surface area (Å²) in [5, 5.41) is 3.24. The maximum atomic E-state index is 11.9. The Labute approximate surface area is 195 Å². The first-order valence-electron chi connectivity index (χ1n) is 11.0. The van der Waals surface area contributed by atoms with E-state index in [4.69, 9.17) is 9.72 Å². The molecule has 0 unspecified atom stereocenters. The second kappa shape index (κ2) is 9.90. The van der Waals surface area contributed by atoms with Crippen molar-refractivity contribution in [1.29, 1.82) is 0 Å². The summed E-state index contributed by atoms with van der Waals surface area (Å²) in [6.07, 6.45) is 7.04. The van der Waals surface area contributed by atoms with E-state index in [0.29, 0.717) is 18.0 Å². The third-order valence-corrected chi connectivity index (χ3v) is 5.80. The van der Waals surface area contributed by atoms with Crippen LogP contribution in [0.5, 0.6) is 0 Å². The van der Waals surface area contributed by atoms with Gasteiger partial charge in [-0.05, 0) is 44.9 Å². The van der Waals surface area contributed by atoms with Crippen molar-refractivity contribution in [2.24, 2.45) is 0 Å². The summed E-state index contributed by atoms with van der Waals surface area (Å²) in [7, 11) is 3.94. The number of aryl methyl sites for hydroxylation is 2. The number of benzene rings is 1. The van der Waals surface area contributed by atoms with E-state index in [2.05, 4.69) is 40.6 Å². The van der Waals surface area contributed by atoms with Crippen LogP contribution >= 0.6 is 11.9 Å². The number of unbranched alkanes of at least 4 members (excludes halogenated alkanes) is 1. The molecule has 32 heavy (non-hydrogen) atoms. The Hall–Kier alpha value is -2.61. The Morgan fingerprint density at radius 1 is 1.41 bits per heavy atom. The van der Waals surface area contributed by atoms with Crippen LogP contribution in [-0.4, -0.2) is 53.2 Å². The molecule has 0 spiro atoms. The zero-order valence-electron chi connectivity index (χ0n) is 20.2. The molecule has 0 saturated heterocycles. The summed E-state index contributed by atoms with van der Waals surface area (Å²) >= 11 is 1.54. The minimum absolute atomic E-state index is 0.433. The highest BCUT2D eigenvalue weighted by Gasteiger charge is 2.31. The van der Waals surface area contributed by atoms with Crippen LogP contribution in [0.1, 0.15) is 45.0 Å². The van der Waals surface area contributed by atoms with Crippen molar-refractivity contribution in [3.05, 3.63) is 41.2 Å². The summed E-state index contributed by atoms with van der Waals surface area (Å²) in [5.41, 5.74) is 4.83. The number of hydrogen-bond donors (Lipinski definition) is 2. The maximum absolute atomic E-state index is 11.9. The number of hydrogen-bond acceptors (Lipinski definition) is 7. The van der Waals surface area contributed by atoms with Crippen molar-refractivity contribution in [2.75, 3.05) is 31.6 Å². The fourth-order valence-electron chi connectivity index (χ4n) is 3.85. The van der Waals surface area contributed by atoms with Gasteiger partial charge < -0.3 is 24.2 Å². The molecule has 174 valence electrons. The van der Waals surface area contributed by atoms with E-state index in [1.165, 1.54) is 11.9 Å². The first-order valence-corrected chi connectivity index (χ1v) is 12.2. The summed E-state index contributed by atoms with van der Waals surface area (Å²) in [5.74, 6) is 1.56. The molecule has 1 aromatic heterocycles. The smallest absolute Gasteiger partial charge is 0.169 e. The molecule has 0 saturated carbocycles. The quantitative estimate of drug-likeness (QED) is 0.423. The number of carbonyl (C=O) groups is 1. The molecule has 2 aromatic rings. The van der Waals surface area contributed by atoms with Crippen molar-refractivity contribution in [3.63, 3.8) is 0 Å². The number of anilines is 1. The van der Waals surface area contributed by atoms with E-state index in [9.17, 15) is 4.79 Å². The molecule has 3 rings (SSSR count). The molecular formula is C24H35N5O2S. The average molecular weight is 458 g/mol. The van der Waals surface area contributed by atoms with Crippen LogP contribution in [0.3, 0.4) is 0 Å². The second-order valence-corrected chi connectivity index (χ2v) is 9.56. The minimum Gasteiger partial charge on any atom is -0.483 e. The van der Waals surface area contributed by atoms with E-state index < -0.39 is 5.60 Å². The number of rotatable bonds is 9. The molecule has 0 amide bonds. The minimum atomic E-state index is -0.433. The monoisotopic (exact) mass is 457 g/mol. The van der Waals surface area contributed by atoms with E-state index in [0.717, 1.165) is 59.4 Å². The summed E-state index contributed by atoms with van der Waals surface area (Å²) in [6.45, 7) is 9.77. The molecule has 0 atom stereocenters. The number of allylic oxidation sites excluding steroid dienone is 2. The lowest BCUT2D eigenvalue weighted by Crippen LogP contribution is -2.43. The highest BCUT2D eigenvalue weighted by molar-refractivity contribution is 7.99. The number of nitrogens with zero attached hydrogens (tertiary/aromatic N) is 3. The maximum Gasteiger partial charge on any atom is 0.169 e. The predicted octanol–water partition coefficient (Wildman–Crippen LogP) is 4.55. The van der Waals surface area contributed by atoms with Crippen molar-refractivity contribution < 1.29 is 9.53 Å². The van der Waals surface area contributed by atoms with Gasteiger partial charge in [0.15, 0.2) is 12.0 Å². The van der Waals surface area contributed by atoms with Crippen LogP contribution in [0.4, 0.5) is 5.69 Å². The van der Waals surface area contributed by atoms with E-state index in [1.54, 1.807) is 0 Å². The van der Waals surface area contributed by atoms with E-state index in [1.807, 2.05) is 45.3 Å². The molecule has 8 heteroatoms. The van der Waals surface area contributed by atoms with Gasteiger partial charge in [-0.15, -0.1) is 0 Å². The Morgan fingerprint density at radius 3 is 2.78 bits per heavy atom. The zero-order chi connectivity index (χ0) is 23.5. The first kappa shape index (κ1) is 24.0. The van der Waals surface area contributed by atoms with Crippen LogP contribution in [0, 0.1) is 6.92 Å². The molecule has 0 bridgehead atoms. The number of fused-ring (bicyclic) bond motifs is 1. The topological polar surface area (TPSA) is 71.4 Å². The van der Waals surface area contributed by atoms with Gasteiger partial charge in [0, 0.05) is 38.7 Å². The highest BCUT2D eigenvalue weighted by atomic mass is 32.2. The largest absolute Gasteiger partial charge is 0.483 e. The molecule has 1 aliphatic rings. The molecular weight excluding hydrogens is 422 g/mol. The van der Waals surface area contributed by atoms with Crippen LogP contribution < -0.4 is 10.0 Å². The lowest BCUT2D eigenvalue weighted by molar-refractivity contribution is -0.106. The van der Waals surface area contributed by atoms with Gasteiger partial charge in [-0.3, -0.25) is 4.79 Å². The van der Waals surface area contributed by atoms with Gasteiger partial charge in [-0.1, -0.05) is 25.3 Å². The first-order chi connectivity index (χ1) is 15.2. The van der Waals surface area contributed by atoms with Crippen molar-refractivity contribution in [1.82, 2.24) is 19.8 Å². The van der Waals surface area contributed by atoms with Gasteiger partial charge in [0.1, 0.15) is 22.6 Å². The lowest BCUT2D eigenvalue weighted by Gasteiger charge is -2.35. The zero-order valence-corrected chi connectivity index (χ0v) is 21.0. The molecule has 2 N–H and O–H groups in total. The highest BCUT2D eigenvalue weighted by Crippen LogP contribution is 2.37. The molecule has 0 radical (unpaired) electrons. The molecule has 0 fully saturated rings. The molecule has 7 nitrogen and oxygen atoms in total. The number of aldehydes is 1. The van der Waals surface area contributed by atoms with Gasteiger partial charge in [-0.25, -0.2) is 4.98 Å². The Morgan fingerprint density at radius 2 is 2.16 bits per heavy atom. The average Bonchev–Trinajstić information content (AvgIpc) is 3.05. The Bertz CT molecular complexity index is 1050. The van der Waals surface area contributed by atoms with E-state index in [-0.39, 0.29) is 0 Å². The molecule has 2 heterocycles. The summed E-state index contributed by atoms with van der Waals surface area (Å²) in [6, 6.07) is 4.25. The van der Waals surface area contributed by atoms with Gasteiger partial charge >= 0.3 is 0 Å². The number of carbonyl (C=O) groups excluding carboxylic acids is 1. The predicted molar refractivity (Wildman–Crippen MR) is 134 cm³/mol. The normalized spacial score (nSPS) is 16.0. The van der Waals surface area contributed by atoms with Crippen molar-refractivity contribution >= 4 is 40.5 Å². The second-order valence-electron chi connectivity index (χ2n) is 8.94. The van der Waals surface area contributed by atoms with Crippen LogP contribution in [0.25, 0.3) is 16.6 Å². The van der Waals surface area contributed by atoms with Gasteiger partial charge in [0.2, 0.25) is 0 Å². The number of imidazole rings is 1. The summed E-state index contributed by atoms with van der Waals surface area (Å²) < 4.78 is 12.0. The van der Waals surface area contributed by atoms with Crippen molar-refractivity contribution in [3.8, 4) is 0 Å². The molecule has 0 aliphatic carbocycles. The Balaban J connectivity index is 2.27. The van der Waals surface area contributed by atoms with Crippen LogP contribution in [0.15, 0.2) is 29.8 Å². The lowest BCUT2D eigenvalue weighted by atomic mass is 9.99. The molecule has 1 aliphatic heterocycles. The van der Waals surface area contributed by atoms with Gasteiger partial charge in [-0.2, -0.15) is 0 Å². The fraction of sp³-hybridized carbons (Fsp3) is 0.500. The van der Waals surface area contributed by atoms with Crippen LogP contribution in [0.2, 0.25) is 0 Å². The SMILES string of the molecule is CCCCn1c(C)nc2c(NSC)cc(/C(=C/N(C)C)C3=C(C=O)NCC(C)(C)O3)cc21. The number of aromatic nitrogens is 2. The van der Waals surface area contributed by atoms with Crippen molar-refractivity contribution in [2.45, 2.75) is 52.7 Å². The fourth-order valence-corrected chi connectivity index (χ4v) is 4.23. The summed E-state index contributed by atoms with van der Waals surface area (Å²) in [4.78, 5) is 18.7. The standard InChI is InChI=1S/C24H35N5O2S/c1-8-9-10-29-16(2)26-22-19(27-32-7)11-17(12-21(22)29)18(13-28(5)6)23-20(14-30)25-15-24(3,4)31-23/h11-14,25,27H,8-10,15H2,1-7H3/b18-13-. The third-order valence-electron chi connectivity index (χ3n) is 5.38. The van der Waals surface area contributed by atoms with Crippen LogP contribution in [-0.2, 0) is 16.1 Å².